The van der Waals surface area contributed by atoms with E-state index in [9.17, 15) is 12.8 Å². The smallest absolute Gasteiger partial charge is 0.246 e. The van der Waals surface area contributed by atoms with Crippen LogP contribution in [0.25, 0.3) is 0 Å². The predicted molar refractivity (Wildman–Crippen MR) is 81.9 cm³/mol. The van der Waals surface area contributed by atoms with Crippen molar-refractivity contribution in [3.8, 4) is 0 Å². The molecule has 0 aromatic heterocycles. The summed E-state index contributed by atoms with van der Waals surface area (Å²) < 4.78 is 40.7. The van der Waals surface area contributed by atoms with E-state index in [1.165, 1.54) is 23.5 Å². The Morgan fingerprint density at radius 1 is 1.33 bits per heavy atom. The maximum Gasteiger partial charge on any atom is 0.246 e. The van der Waals surface area contributed by atoms with Crippen molar-refractivity contribution in [3.05, 3.63) is 23.5 Å². The lowest BCUT2D eigenvalue weighted by molar-refractivity contribution is 0.238. The van der Waals surface area contributed by atoms with E-state index in [0.29, 0.717) is 17.2 Å². The number of hydrogen-bond acceptors (Lipinski definition) is 3. The average molecular weight is 314 g/mol. The summed E-state index contributed by atoms with van der Waals surface area (Å²) in [7, 11) is -2.32. The molecule has 0 spiro atoms. The van der Waals surface area contributed by atoms with Gasteiger partial charge in [0.1, 0.15) is 10.7 Å². The SMILES string of the molecule is Cc1cc(F)c(S(=O)(=O)N(C)C2CCCC(C)C2)cc1N. The van der Waals surface area contributed by atoms with Crippen molar-refractivity contribution in [2.45, 2.75) is 50.5 Å². The van der Waals surface area contributed by atoms with E-state index in [0.717, 1.165) is 25.7 Å². The van der Waals surface area contributed by atoms with Crippen LogP contribution in [0.3, 0.4) is 0 Å². The summed E-state index contributed by atoms with van der Waals surface area (Å²) in [6.07, 6.45) is 3.77. The van der Waals surface area contributed by atoms with Gasteiger partial charge in [-0.2, -0.15) is 4.31 Å². The molecule has 0 aliphatic heterocycles. The minimum absolute atomic E-state index is 0.0688. The Hall–Kier alpha value is -1.14. The van der Waals surface area contributed by atoms with E-state index < -0.39 is 15.8 Å². The second-order valence-electron chi connectivity index (χ2n) is 6.09. The zero-order valence-corrected chi connectivity index (χ0v) is 13.6. The summed E-state index contributed by atoms with van der Waals surface area (Å²) in [4.78, 5) is -0.327. The van der Waals surface area contributed by atoms with Gasteiger partial charge in [-0.3, -0.25) is 0 Å². The van der Waals surface area contributed by atoms with Crippen molar-refractivity contribution in [1.82, 2.24) is 4.31 Å². The van der Waals surface area contributed by atoms with Crippen LogP contribution >= 0.6 is 0 Å². The number of benzene rings is 1. The maximum absolute atomic E-state index is 14.1. The van der Waals surface area contributed by atoms with Crippen LogP contribution in [0, 0.1) is 18.7 Å². The molecule has 1 aliphatic carbocycles. The second-order valence-corrected chi connectivity index (χ2v) is 8.05. The van der Waals surface area contributed by atoms with Crippen LogP contribution in [-0.2, 0) is 10.0 Å². The molecule has 1 aromatic rings. The number of sulfonamides is 1. The highest BCUT2D eigenvalue weighted by Gasteiger charge is 2.32. The van der Waals surface area contributed by atoms with Gasteiger partial charge in [0.15, 0.2) is 0 Å². The highest BCUT2D eigenvalue weighted by atomic mass is 32.2. The Bertz CT molecular complexity index is 631. The van der Waals surface area contributed by atoms with Gasteiger partial charge in [0.2, 0.25) is 10.0 Å². The van der Waals surface area contributed by atoms with E-state index in [1.807, 2.05) is 0 Å². The first-order valence-electron chi connectivity index (χ1n) is 7.27. The van der Waals surface area contributed by atoms with Crippen LogP contribution in [0.4, 0.5) is 10.1 Å². The Kier molecular flexibility index (Phi) is 4.58. The molecular weight excluding hydrogens is 291 g/mol. The third-order valence-electron chi connectivity index (χ3n) is 4.40. The first kappa shape index (κ1) is 16.2. The summed E-state index contributed by atoms with van der Waals surface area (Å²) in [6, 6.07) is 2.34. The monoisotopic (exact) mass is 314 g/mol. The van der Waals surface area contributed by atoms with Crippen molar-refractivity contribution in [2.24, 2.45) is 5.92 Å². The molecule has 0 radical (unpaired) electrons. The lowest BCUT2D eigenvalue weighted by Gasteiger charge is -2.33. The number of anilines is 1. The van der Waals surface area contributed by atoms with Crippen molar-refractivity contribution >= 4 is 15.7 Å². The topological polar surface area (TPSA) is 63.4 Å². The van der Waals surface area contributed by atoms with Crippen LogP contribution in [0.2, 0.25) is 0 Å². The molecule has 6 heteroatoms. The number of nitrogen functional groups attached to an aromatic ring is 1. The number of halogens is 1. The number of nitrogens with zero attached hydrogens (tertiary/aromatic N) is 1. The van der Waals surface area contributed by atoms with Crippen molar-refractivity contribution in [3.63, 3.8) is 0 Å². The first-order valence-corrected chi connectivity index (χ1v) is 8.71. The van der Waals surface area contributed by atoms with E-state index in [4.69, 9.17) is 5.73 Å². The lowest BCUT2D eigenvalue weighted by Crippen LogP contribution is -2.40. The van der Waals surface area contributed by atoms with Gasteiger partial charge in [0.05, 0.1) is 0 Å². The summed E-state index contributed by atoms with van der Waals surface area (Å²) in [5, 5.41) is 0. The molecule has 118 valence electrons. The first-order chi connectivity index (χ1) is 9.73. The molecule has 1 aromatic carbocycles. The van der Waals surface area contributed by atoms with Crippen molar-refractivity contribution in [1.29, 1.82) is 0 Å². The molecule has 2 rings (SSSR count). The minimum atomic E-state index is -3.85. The molecule has 0 saturated heterocycles. The van der Waals surface area contributed by atoms with E-state index in [1.54, 1.807) is 6.92 Å². The molecule has 0 bridgehead atoms. The van der Waals surface area contributed by atoms with Gasteiger partial charge in [0.25, 0.3) is 0 Å². The Morgan fingerprint density at radius 3 is 2.62 bits per heavy atom. The minimum Gasteiger partial charge on any atom is -0.398 e. The third-order valence-corrected chi connectivity index (χ3v) is 6.33. The second kappa shape index (κ2) is 5.93. The number of rotatable bonds is 3. The lowest BCUT2D eigenvalue weighted by atomic mass is 9.87. The van der Waals surface area contributed by atoms with Crippen LogP contribution in [0.1, 0.15) is 38.2 Å². The van der Waals surface area contributed by atoms with Gasteiger partial charge in [-0.05, 0) is 43.4 Å². The fraction of sp³-hybridized carbons (Fsp3) is 0.600. The van der Waals surface area contributed by atoms with Crippen LogP contribution < -0.4 is 5.73 Å². The third kappa shape index (κ3) is 3.21. The number of aryl methyl sites for hydroxylation is 1. The van der Waals surface area contributed by atoms with Gasteiger partial charge >= 0.3 is 0 Å². The maximum atomic E-state index is 14.1. The van der Waals surface area contributed by atoms with E-state index >= 15 is 0 Å². The van der Waals surface area contributed by atoms with Gasteiger partial charge in [-0.1, -0.05) is 19.8 Å². The molecule has 2 unspecified atom stereocenters. The molecule has 21 heavy (non-hydrogen) atoms. The molecular formula is C15H23FN2O2S. The molecule has 1 fully saturated rings. The summed E-state index contributed by atoms with van der Waals surface area (Å²) in [5.41, 5.74) is 6.57. The van der Waals surface area contributed by atoms with Crippen molar-refractivity contribution in [2.75, 3.05) is 12.8 Å². The number of nitrogens with two attached hydrogens (primary N) is 1. The van der Waals surface area contributed by atoms with Crippen LogP contribution in [0.5, 0.6) is 0 Å². The Morgan fingerprint density at radius 2 is 2.00 bits per heavy atom. The Labute approximate surface area is 126 Å². The molecule has 0 amide bonds. The fourth-order valence-corrected chi connectivity index (χ4v) is 4.43. The molecule has 0 heterocycles. The Balaban J connectivity index is 2.35. The van der Waals surface area contributed by atoms with E-state index in [2.05, 4.69) is 6.92 Å². The number of hydrogen-bond donors (Lipinski definition) is 1. The van der Waals surface area contributed by atoms with Crippen molar-refractivity contribution < 1.29 is 12.8 Å². The molecule has 1 aliphatic rings. The highest BCUT2D eigenvalue weighted by molar-refractivity contribution is 7.89. The largest absolute Gasteiger partial charge is 0.398 e. The fourth-order valence-electron chi connectivity index (χ4n) is 2.95. The van der Waals surface area contributed by atoms with Gasteiger partial charge in [0, 0.05) is 18.8 Å². The summed E-state index contributed by atoms with van der Waals surface area (Å²) in [5.74, 6) is -0.244. The zero-order valence-electron chi connectivity index (χ0n) is 12.8. The molecule has 2 N–H and O–H groups in total. The standard InChI is InChI=1S/C15H23FN2O2S/c1-10-5-4-6-12(7-10)18(3)21(19,20)15-9-14(17)11(2)8-13(15)16/h8-10,12H,4-7,17H2,1-3H3. The molecule has 4 nitrogen and oxygen atoms in total. The van der Waals surface area contributed by atoms with E-state index in [-0.39, 0.29) is 10.9 Å². The average Bonchev–Trinajstić information content (AvgIpc) is 2.41. The summed E-state index contributed by atoms with van der Waals surface area (Å²) >= 11 is 0. The quantitative estimate of drug-likeness (QED) is 0.873. The predicted octanol–water partition coefficient (Wildman–Crippen LogP) is 2.92. The normalized spacial score (nSPS) is 23.5. The zero-order chi connectivity index (χ0) is 15.8. The van der Waals surface area contributed by atoms with Crippen LogP contribution in [-0.4, -0.2) is 25.8 Å². The van der Waals surface area contributed by atoms with Gasteiger partial charge < -0.3 is 5.73 Å². The molecule has 1 saturated carbocycles. The van der Waals surface area contributed by atoms with Gasteiger partial charge in [-0.15, -0.1) is 0 Å². The van der Waals surface area contributed by atoms with Crippen LogP contribution in [0.15, 0.2) is 17.0 Å². The highest BCUT2D eigenvalue weighted by Crippen LogP contribution is 2.31. The van der Waals surface area contributed by atoms with Gasteiger partial charge in [-0.25, -0.2) is 12.8 Å². The summed E-state index contributed by atoms with van der Waals surface area (Å²) in [6.45, 7) is 3.78. The molecule has 2 atom stereocenters.